The number of rotatable bonds is 6. The van der Waals surface area contributed by atoms with Crippen LogP contribution >= 0.6 is 0 Å². The third-order valence-electron chi connectivity index (χ3n) is 2.53. The van der Waals surface area contributed by atoms with E-state index in [1.54, 1.807) is 27.4 Å². The zero-order valence-corrected chi connectivity index (χ0v) is 10.4. The minimum Gasteiger partial charge on any atom is -0.496 e. The standard InChI is InChI=1S/C12H19NO4/c1-15-7-8-4-12(17-3)9(10(13)6-14)5-11(8)16-2/h4-5,10,14H,6-7,13H2,1-3H3. The maximum Gasteiger partial charge on any atom is 0.124 e. The van der Waals surface area contributed by atoms with E-state index in [0.717, 1.165) is 5.56 Å². The molecule has 1 atom stereocenters. The highest BCUT2D eigenvalue weighted by Crippen LogP contribution is 2.32. The molecule has 0 aromatic heterocycles. The van der Waals surface area contributed by atoms with Crippen molar-refractivity contribution in [3.05, 3.63) is 23.3 Å². The van der Waals surface area contributed by atoms with Crippen molar-refractivity contribution >= 4 is 0 Å². The Hall–Kier alpha value is -1.30. The van der Waals surface area contributed by atoms with Crippen LogP contribution in [0.2, 0.25) is 0 Å². The SMILES string of the molecule is COCc1cc(OC)c(C(N)CO)cc1OC. The van der Waals surface area contributed by atoms with Crippen LogP contribution in [-0.4, -0.2) is 33.0 Å². The fraction of sp³-hybridized carbons (Fsp3) is 0.500. The Kier molecular flexibility index (Phi) is 5.21. The molecule has 0 aliphatic rings. The minimum atomic E-state index is -0.490. The van der Waals surface area contributed by atoms with E-state index >= 15 is 0 Å². The Morgan fingerprint density at radius 3 is 2.29 bits per heavy atom. The van der Waals surface area contributed by atoms with Crippen molar-refractivity contribution in [3.8, 4) is 11.5 Å². The summed E-state index contributed by atoms with van der Waals surface area (Å²) in [5.41, 5.74) is 7.39. The number of aliphatic hydroxyl groups excluding tert-OH is 1. The highest BCUT2D eigenvalue weighted by Gasteiger charge is 2.15. The Bertz CT molecular complexity index is 368. The van der Waals surface area contributed by atoms with E-state index in [4.69, 9.17) is 25.1 Å². The molecule has 1 rings (SSSR count). The average Bonchev–Trinajstić information content (AvgIpc) is 2.37. The molecule has 0 aliphatic heterocycles. The molecule has 0 radical (unpaired) electrons. The van der Waals surface area contributed by atoms with Gasteiger partial charge in [-0.1, -0.05) is 0 Å². The molecule has 5 heteroatoms. The molecule has 0 bridgehead atoms. The van der Waals surface area contributed by atoms with Crippen LogP contribution in [0.1, 0.15) is 17.2 Å². The second-order valence-corrected chi connectivity index (χ2v) is 3.63. The molecule has 0 aliphatic carbocycles. The third kappa shape index (κ3) is 3.09. The van der Waals surface area contributed by atoms with E-state index in [1.807, 2.05) is 6.07 Å². The molecule has 1 aromatic carbocycles. The summed E-state index contributed by atoms with van der Waals surface area (Å²) in [4.78, 5) is 0. The lowest BCUT2D eigenvalue weighted by atomic mass is 10.0. The Labute approximate surface area is 101 Å². The molecular weight excluding hydrogens is 222 g/mol. The van der Waals surface area contributed by atoms with Crippen LogP contribution in [0.4, 0.5) is 0 Å². The van der Waals surface area contributed by atoms with Crippen molar-refractivity contribution in [1.29, 1.82) is 0 Å². The molecule has 1 aromatic rings. The molecule has 96 valence electrons. The number of hydrogen-bond donors (Lipinski definition) is 2. The van der Waals surface area contributed by atoms with Crippen molar-refractivity contribution in [1.82, 2.24) is 0 Å². The molecule has 0 heterocycles. The van der Waals surface area contributed by atoms with Crippen LogP contribution in [-0.2, 0) is 11.3 Å². The summed E-state index contributed by atoms with van der Waals surface area (Å²) in [6.07, 6.45) is 0. The fourth-order valence-electron chi connectivity index (χ4n) is 1.64. The first kappa shape index (κ1) is 13.8. The van der Waals surface area contributed by atoms with Gasteiger partial charge in [0.05, 0.1) is 33.5 Å². The van der Waals surface area contributed by atoms with Crippen molar-refractivity contribution in [2.45, 2.75) is 12.6 Å². The first-order valence-corrected chi connectivity index (χ1v) is 5.28. The number of methoxy groups -OCH3 is 3. The summed E-state index contributed by atoms with van der Waals surface area (Å²) in [5.74, 6) is 1.30. The number of ether oxygens (including phenoxy) is 3. The monoisotopic (exact) mass is 241 g/mol. The molecule has 0 fully saturated rings. The van der Waals surface area contributed by atoms with Crippen LogP contribution in [0.25, 0.3) is 0 Å². The maximum absolute atomic E-state index is 9.10. The Morgan fingerprint density at radius 2 is 1.82 bits per heavy atom. The van der Waals surface area contributed by atoms with Gasteiger partial charge in [0.1, 0.15) is 11.5 Å². The second-order valence-electron chi connectivity index (χ2n) is 3.63. The lowest BCUT2D eigenvalue weighted by molar-refractivity contribution is 0.181. The van der Waals surface area contributed by atoms with Gasteiger partial charge in [0.2, 0.25) is 0 Å². The van der Waals surface area contributed by atoms with Crippen LogP contribution in [0.15, 0.2) is 12.1 Å². The molecular formula is C12H19NO4. The van der Waals surface area contributed by atoms with Crippen LogP contribution in [0, 0.1) is 0 Å². The molecule has 0 saturated heterocycles. The quantitative estimate of drug-likeness (QED) is 0.772. The Balaban J connectivity index is 3.22. The summed E-state index contributed by atoms with van der Waals surface area (Å²) in [6.45, 7) is 0.275. The van der Waals surface area contributed by atoms with Gasteiger partial charge in [-0.3, -0.25) is 0 Å². The van der Waals surface area contributed by atoms with E-state index in [-0.39, 0.29) is 6.61 Å². The number of aliphatic hydroxyl groups is 1. The van der Waals surface area contributed by atoms with Gasteiger partial charge in [0, 0.05) is 18.2 Å². The zero-order chi connectivity index (χ0) is 12.8. The summed E-state index contributed by atoms with van der Waals surface area (Å²) in [7, 11) is 4.75. The highest BCUT2D eigenvalue weighted by molar-refractivity contribution is 5.47. The summed E-state index contributed by atoms with van der Waals surface area (Å²) in [5, 5.41) is 9.10. The predicted octanol–water partition coefficient (Wildman–Crippen LogP) is 0.842. The van der Waals surface area contributed by atoms with Gasteiger partial charge in [0.25, 0.3) is 0 Å². The van der Waals surface area contributed by atoms with Crippen LogP contribution in [0.3, 0.4) is 0 Å². The van der Waals surface area contributed by atoms with E-state index in [2.05, 4.69) is 0 Å². The van der Waals surface area contributed by atoms with Gasteiger partial charge in [-0.15, -0.1) is 0 Å². The first-order chi connectivity index (χ1) is 8.17. The van der Waals surface area contributed by atoms with Gasteiger partial charge in [-0.2, -0.15) is 0 Å². The van der Waals surface area contributed by atoms with E-state index in [1.165, 1.54) is 0 Å². The molecule has 0 spiro atoms. The number of hydrogen-bond acceptors (Lipinski definition) is 5. The first-order valence-electron chi connectivity index (χ1n) is 5.28. The van der Waals surface area contributed by atoms with E-state index in [0.29, 0.717) is 23.7 Å². The molecule has 3 N–H and O–H groups in total. The Morgan fingerprint density at radius 1 is 1.18 bits per heavy atom. The predicted molar refractivity (Wildman–Crippen MR) is 64.3 cm³/mol. The van der Waals surface area contributed by atoms with E-state index in [9.17, 15) is 0 Å². The van der Waals surface area contributed by atoms with Crippen molar-refractivity contribution in [2.24, 2.45) is 5.73 Å². The topological polar surface area (TPSA) is 73.9 Å². The van der Waals surface area contributed by atoms with Crippen LogP contribution < -0.4 is 15.2 Å². The molecule has 0 saturated carbocycles. The molecule has 0 amide bonds. The van der Waals surface area contributed by atoms with Gasteiger partial charge in [-0.25, -0.2) is 0 Å². The normalized spacial score (nSPS) is 12.3. The molecule has 1 unspecified atom stereocenters. The van der Waals surface area contributed by atoms with Crippen molar-refractivity contribution in [3.63, 3.8) is 0 Å². The maximum atomic E-state index is 9.10. The smallest absolute Gasteiger partial charge is 0.124 e. The summed E-state index contributed by atoms with van der Waals surface area (Å²) < 4.78 is 15.6. The lowest BCUT2D eigenvalue weighted by Crippen LogP contribution is -2.16. The second kappa shape index (κ2) is 6.44. The summed E-state index contributed by atoms with van der Waals surface area (Å²) in [6, 6.07) is 3.09. The average molecular weight is 241 g/mol. The fourth-order valence-corrected chi connectivity index (χ4v) is 1.64. The summed E-state index contributed by atoms with van der Waals surface area (Å²) >= 11 is 0. The van der Waals surface area contributed by atoms with Crippen molar-refractivity contribution in [2.75, 3.05) is 27.9 Å². The van der Waals surface area contributed by atoms with Gasteiger partial charge < -0.3 is 25.1 Å². The minimum absolute atomic E-state index is 0.150. The van der Waals surface area contributed by atoms with Crippen molar-refractivity contribution < 1.29 is 19.3 Å². The van der Waals surface area contributed by atoms with Gasteiger partial charge >= 0.3 is 0 Å². The third-order valence-corrected chi connectivity index (χ3v) is 2.53. The largest absolute Gasteiger partial charge is 0.496 e. The van der Waals surface area contributed by atoms with Gasteiger partial charge in [0.15, 0.2) is 0 Å². The van der Waals surface area contributed by atoms with Gasteiger partial charge in [-0.05, 0) is 12.1 Å². The zero-order valence-electron chi connectivity index (χ0n) is 10.4. The number of benzene rings is 1. The lowest BCUT2D eigenvalue weighted by Gasteiger charge is -2.17. The van der Waals surface area contributed by atoms with E-state index < -0.39 is 6.04 Å². The molecule has 5 nitrogen and oxygen atoms in total. The molecule has 17 heavy (non-hydrogen) atoms. The van der Waals surface area contributed by atoms with Crippen LogP contribution in [0.5, 0.6) is 11.5 Å². The highest BCUT2D eigenvalue weighted by atomic mass is 16.5. The number of nitrogens with two attached hydrogens (primary N) is 1.